The van der Waals surface area contributed by atoms with Crippen LogP contribution in [0.4, 0.5) is 0 Å². The molecule has 1 heterocycles. The predicted molar refractivity (Wildman–Crippen MR) is 60.5 cm³/mol. The summed E-state index contributed by atoms with van der Waals surface area (Å²) < 4.78 is 0. The summed E-state index contributed by atoms with van der Waals surface area (Å²) in [5.74, 6) is 0.959. The quantitative estimate of drug-likeness (QED) is 0.741. The van der Waals surface area contributed by atoms with Crippen LogP contribution in [0, 0.1) is 5.92 Å². The minimum Gasteiger partial charge on any atom is -0.312 e. The Hall–Kier alpha value is -0.0800. The second kappa shape index (κ2) is 4.63. The number of nitrogens with one attached hydrogen (secondary N) is 1. The van der Waals surface area contributed by atoms with Crippen LogP contribution in [0.2, 0.25) is 0 Å². The van der Waals surface area contributed by atoms with Crippen molar-refractivity contribution in [1.29, 1.82) is 0 Å². The molecule has 2 unspecified atom stereocenters. The van der Waals surface area contributed by atoms with Gasteiger partial charge in [0.05, 0.1) is 0 Å². The third-order valence-electron chi connectivity index (χ3n) is 3.99. The molecule has 1 aliphatic carbocycles. The maximum absolute atomic E-state index is 3.67. The molecule has 0 radical (unpaired) electrons. The molecule has 0 aromatic carbocycles. The van der Waals surface area contributed by atoms with Gasteiger partial charge in [-0.3, -0.25) is 0 Å². The highest BCUT2D eigenvalue weighted by Crippen LogP contribution is 2.32. The molecule has 1 aliphatic heterocycles. The molecule has 1 saturated carbocycles. The minimum absolute atomic E-state index is 0.771. The van der Waals surface area contributed by atoms with Gasteiger partial charge in [-0.05, 0) is 52.2 Å². The third kappa shape index (κ3) is 2.12. The Morgan fingerprint density at radius 3 is 2.29 bits per heavy atom. The van der Waals surface area contributed by atoms with Gasteiger partial charge in [0.25, 0.3) is 0 Å². The van der Waals surface area contributed by atoms with E-state index in [0.29, 0.717) is 0 Å². The first-order valence-electron chi connectivity index (χ1n) is 6.19. The van der Waals surface area contributed by atoms with E-state index in [1.54, 1.807) is 0 Å². The van der Waals surface area contributed by atoms with Gasteiger partial charge in [-0.15, -0.1) is 0 Å². The lowest BCUT2D eigenvalue weighted by atomic mass is 9.90. The van der Waals surface area contributed by atoms with Crippen molar-refractivity contribution in [2.75, 3.05) is 20.6 Å². The van der Waals surface area contributed by atoms with Crippen LogP contribution in [0.3, 0.4) is 0 Å². The Bertz CT molecular complexity index is 151. The van der Waals surface area contributed by atoms with Crippen LogP contribution in [-0.2, 0) is 0 Å². The maximum atomic E-state index is 3.67. The van der Waals surface area contributed by atoms with Crippen LogP contribution in [0.25, 0.3) is 0 Å². The molecule has 1 saturated heterocycles. The van der Waals surface area contributed by atoms with E-state index in [1.165, 1.54) is 45.1 Å². The minimum atomic E-state index is 0.771. The number of rotatable bonds is 3. The van der Waals surface area contributed by atoms with Gasteiger partial charge in [-0.25, -0.2) is 0 Å². The first-order chi connectivity index (χ1) is 6.79. The van der Waals surface area contributed by atoms with E-state index in [1.807, 2.05) is 0 Å². The fourth-order valence-electron chi connectivity index (χ4n) is 3.41. The zero-order valence-corrected chi connectivity index (χ0v) is 9.63. The zero-order chi connectivity index (χ0) is 9.97. The van der Waals surface area contributed by atoms with Gasteiger partial charge in [0.1, 0.15) is 0 Å². The highest BCUT2D eigenvalue weighted by atomic mass is 15.2. The van der Waals surface area contributed by atoms with E-state index < -0.39 is 0 Å². The van der Waals surface area contributed by atoms with Gasteiger partial charge in [0.15, 0.2) is 0 Å². The molecule has 1 N–H and O–H groups in total. The van der Waals surface area contributed by atoms with Crippen LogP contribution < -0.4 is 5.32 Å². The van der Waals surface area contributed by atoms with Gasteiger partial charge in [0, 0.05) is 12.1 Å². The summed E-state index contributed by atoms with van der Waals surface area (Å²) in [6.07, 6.45) is 8.60. The number of hydrogen-bond donors (Lipinski definition) is 1. The summed E-state index contributed by atoms with van der Waals surface area (Å²) in [4.78, 5) is 2.46. The van der Waals surface area contributed by atoms with Gasteiger partial charge in [0.2, 0.25) is 0 Å². The Balaban J connectivity index is 1.98. The van der Waals surface area contributed by atoms with Gasteiger partial charge in [-0.1, -0.05) is 12.8 Å². The first-order valence-corrected chi connectivity index (χ1v) is 6.19. The summed E-state index contributed by atoms with van der Waals surface area (Å²) in [6.45, 7) is 1.24. The normalized spacial score (nSPS) is 31.5. The van der Waals surface area contributed by atoms with Crippen LogP contribution in [0.1, 0.15) is 38.5 Å². The molecule has 0 amide bonds. The van der Waals surface area contributed by atoms with Crippen LogP contribution >= 0.6 is 0 Å². The van der Waals surface area contributed by atoms with E-state index in [4.69, 9.17) is 0 Å². The maximum Gasteiger partial charge on any atom is 0.0271 e. The summed E-state index contributed by atoms with van der Waals surface area (Å²) in [5.41, 5.74) is 0. The van der Waals surface area contributed by atoms with Crippen LogP contribution in [-0.4, -0.2) is 37.6 Å². The summed E-state index contributed by atoms with van der Waals surface area (Å²) in [7, 11) is 4.51. The highest BCUT2D eigenvalue weighted by Gasteiger charge is 2.34. The molecular weight excluding hydrogens is 172 g/mol. The third-order valence-corrected chi connectivity index (χ3v) is 3.99. The Morgan fingerprint density at radius 2 is 1.79 bits per heavy atom. The standard InChI is InChI=1S/C12H24N2/c1-14(2)12(10-6-3-4-7-10)11-8-5-9-13-11/h10-13H,3-9H2,1-2H3. The predicted octanol–water partition coefficient (Wildman–Crippen LogP) is 1.86. The van der Waals surface area contributed by atoms with Crippen LogP contribution in [0.5, 0.6) is 0 Å². The average molecular weight is 196 g/mol. The van der Waals surface area contributed by atoms with Crippen molar-refractivity contribution >= 4 is 0 Å². The van der Waals surface area contributed by atoms with E-state index in [9.17, 15) is 0 Å². The molecule has 2 heteroatoms. The molecule has 0 aromatic rings. The lowest BCUT2D eigenvalue weighted by molar-refractivity contribution is 0.169. The van der Waals surface area contributed by atoms with Gasteiger partial charge < -0.3 is 10.2 Å². The zero-order valence-electron chi connectivity index (χ0n) is 9.63. The molecule has 0 bridgehead atoms. The Labute approximate surface area is 88.1 Å². The van der Waals surface area contributed by atoms with E-state index in [-0.39, 0.29) is 0 Å². The molecule has 14 heavy (non-hydrogen) atoms. The number of nitrogens with zero attached hydrogens (tertiary/aromatic N) is 1. The summed E-state index contributed by atoms with van der Waals surface area (Å²) >= 11 is 0. The highest BCUT2D eigenvalue weighted by molar-refractivity contribution is 4.92. The van der Waals surface area contributed by atoms with E-state index in [0.717, 1.165) is 18.0 Å². The van der Waals surface area contributed by atoms with Gasteiger partial charge >= 0.3 is 0 Å². The molecule has 2 atom stereocenters. The molecule has 2 fully saturated rings. The van der Waals surface area contributed by atoms with Crippen molar-refractivity contribution in [3.8, 4) is 0 Å². The smallest absolute Gasteiger partial charge is 0.0271 e. The topological polar surface area (TPSA) is 15.3 Å². The fourth-order valence-corrected chi connectivity index (χ4v) is 3.41. The van der Waals surface area contributed by atoms with Crippen molar-refractivity contribution in [1.82, 2.24) is 10.2 Å². The monoisotopic (exact) mass is 196 g/mol. The van der Waals surface area contributed by atoms with Crippen molar-refractivity contribution in [3.63, 3.8) is 0 Å². The lowest BCUT2D eigenvalue weighted by Crippen LogP contribution is -2.48. The molecule has 2 rings (SSSR count). The lowest BCUT2D eigenvalue weighted by Gasteiger charge is -2.35. The van der Waals surface area contributed by atoms with E-state index >= 15 is 0 Å². The Kier molecular flexibility index (Phi) is 3.45. The van der Waals surface area contributed by atoms with Crippen molar-refractivity contribution in [2.45, 2.75) is 50.6 Å². The number of hydrogen-bond acceptors (Lipinski definition) is 2. The molecule has 2 nitrogen and oxygen atoms in total. The Morgan fingerprint density at radius 1 is 1.07 bits per heavy atom. The first kappa shape index (κ1) is 10.4. The summed E-state index contributed by atoms with van der Waals surface area (Å²) in [6, 6.07) is 1.56. The molecular formula is C12H24N2. The van der Waals surface area contributed by atoms with Crippen molar-refractivity contribution in [2.24, 2.45) is 5.92 Å². The summed E-state index contributed by atoms with van der Waals surface area (Å²) in [5, 5.41) is 3.67. The second-order valence-electron chi connectivity index (χ2n) is 5.20. The van der Waals surface area contributed by atoms with Gasteiger partial charge in [-0.2, -0.15) is 0 Å². The molecule has 0 aromatic heterocycles. The van der Waals surface area contributed by atoms with Crippen molar-refractivity contribution in [3.05, 3.63) is 0 Å². The second-order valence-corrected chi connectivity index (χ2v) is 5.20. The SMILES string of the molecule is CN(C)C(C1CCCC1)C1CCCN1. The fraction of sp³-hybridized carbons (Fsp3) is 1.00. The molecule has 2 aliphatic rings. The number of likely N-dealkylation sites (N-methyl/N-ethyl adjacent to an activating group) is 1. The average Bonchev–Trinajstić information content (AvgIpc) is 2.75. The molecule has 0 spiro atoms. The van der Waals surface area contributed by atoms with E-state index in [2.05, 4.69) is 24.3 Å². The largest absolute Gasteiger partial charge is 0.312 e. The van der Waals surface area contributed by atoms with Crippen LogP contribution in [0.15, 0.2) is 0 Å². The molecule has 82 valence electrons. The van der Waals surface area contributed by atoms with Crippen molar-refractivity contribution < 1.29 is 0 Å².